The smallest absolute Gasteiger partial charge is 0.268 e. The second kappa shape index (κ2) is 9.15. The average Bonchev–Trinajstić information content (AvgIpc) is 3.14. The second-order valence-corrected chi connectivity index (χ2v) is 11.6. The minimum atomic E-state index is -4.24. The molecule has 0 aliphatic carbocycles. The number of carbonyl (C=O) groups is 1. The third-order valence-electron chi connectivity index (χ3n) is 7.42. The van der Waals surface area contributed by atoms with E-state index in [0.717, 1.165) is 22.8 Å². The molecule has 2 aromatic heterocycles. The molecule has 4 aromatic rings. The Labute approximate surface area is 216 Å². The molecule has 1 saturated heterocycles. The molecule has 1 aliphatic rings. The number of amides is 1. The first kappa shape index (κ1) is 24.7. The van der Waals surface area contributed by atoms with Gasteiger partial charge in [0.05, 0.1) is 11.3 Å². The zero-order chi connectivity index (χ0) is 26.4. The Hall–Kier alpha value is -3.98. The lowest BCUT2D eigenvalue weighted by molar-refractivity contribution is 0.0981. The molecule has 0 bridgehead atoms. The highest BCUT2D eigenvalue weighted by molar-refractivity contribution is 7.90. The van der Waals surface area contributed by atoms with E-state index in [4.69, 9.17) is 10.7 Å². The van der Waals surface area contributed by atoms with E-state index in [1.807, 2.05) is 30.3 Å². The summed E-state index contributed by atoms with van der Waals surface area (Å²) in [5, 5.41) is 2.21. The maximum Gasteiger partial charge on any atom is 0.268 e. The van der Waals surface area contributed by atoms with Gasteiger partial charge in [-0.2, -0.15) is 0 Å². The number of carbonyl (C=O) groups excluding carboxylic acids is 1. The molecule has 3 N–H and O–H groups in total. The molecule has 8 nitrogen and oxygen atoms in total. The van der Waals surface area contributed by atoms with E-state index in [1.54, 1.807) is 12.1 Å². The predicted octanol–water partition coefficient (Wildman–Crippen LogP) is 4.62. The van der Waals surface area contributed by atoms with Crippen LogP contribution in [0.3, 0.4) is 0 Å². The first-order chi connectivity index (χ1) is 17.6. The van der Waals surface area contributed by atoms with E-state index in [9.17, 15) is 13.2 Å². The maximum atomic E-state index is 13.4. The van der Waals surface area contributed by atoms with Crippen LogP contribution in [-0.2, 0) is 10.0 Å². The molecule has 1 aliphatic heterocycles. The topological polar surface area (TPSA) is 118 Å². The van der Waals surface area contributed by atoms with Crippen molar-refractivity contribution in [1.29, 1.82) is 0 Å². The normalized spacial score (nSPS) is 17.2. The summed E-state index contributed by atoms with van der Waals surface area (Å²) < 4.78 is 28.1. The molecule has 2 aromatic carbocycles. The number of nitrogens with one attached hydrogen (secondary N) is 1. The summed E-state index contributed by atoms with van der Waals surface area (Å²) in [5.41, 5.74) is 7.27. The van der Waals surface area contributed by atoms with Crippen LogP contribution in [0.15, 0.2) is 77.8 Å². The van der Waals surface area contributed by atoms with Crippen molar-refractivity contribution < 1.29 is 13.2 Å². The van der Waals surface area contributed by atoms with Crippen LogP contribution in [0.2, 0.25) is 0 Å². The summed E-state index contributed by atoms with van der Waals surface area (Å²) in [6.45, 7) is 7.10. The molecular formula is C28H29N5O3S. The van der Waals surface area contributed by atoms with Crippen molar-refractivity contribution >= 4 is 38.3 Å². The van der Waals surface area contributed by atoms with Gasteiger partial charge in [-0.25, -0.2) is 23.1 Å². The molecule has 0 radical (unpaired) electrons. The third-order valence-corrected chi connectivity index (χ3v) is 8.80. The van der Waals surface area contributed by atoms with Crippen LogP contribution in [0.4, 0.5) is 11.6 Å². The van der Waals surface area contributed by atoms with Crippen molar-refractivity contribution in [2.24, 2.45) is 5.92 Å². The van der Waals surface area contributed by atoms with Crippen LogP contribution in [0.1, 0.15) is 37.6 Å². The lowest BCUT2D eigenvalue weighted by Gasteiger charge is -2.36. The molecule has 5 rings (SSSR count). The third kappa shape index (κ3) is 4.51. The molecule has 0 saturated carbocycles. The Morgan fingerprint density at radius 1 is 1.05 bits per heavy atom. The van der Waals surface area contributed by atoms with Crippen LogP contribution < -0.4 is 15.4 Å². The SMILES string of the molecule is CC1CCN(c2nc(-c3ccc4ccccc4c3)ccc2C(=O)NS(=O)(=O)c2cccnc2N)C1(C)C. The Kier molecular flexibility index (Phi) is 6.11. The lowest BCUT2D eigenvalue weighted by Crippen LogP contribution is -2.43. The molecule has 3 heterocycles. The summed E-state index contributed by atoms with van der Waals surface area (Å²) in [5.74, 6) is -0.145. The zero-order valence-corrected chi connectivity index (χ0v) is 21.8. The second-order valence-electron chi connectivity index (χ2n) is 9.95. The van der Waals surface area contributed by atoms with Gasteiger partial charge in [-0.05, 0) is 67.3 Å². The molecule has 0 spiro atoms. The summed E-state index contributed by atoms with van der Waals surface area (Å²) in [6, 6.07) is 20.3. The largest absolute Gasteiger partial charge is 0.383 e. The fourth-order valence-corrected chi connectivity index (χ4v) is 5.86. The van der Waals surface area contributed by atoms with Gasteiger partial charge in [0.1, 0.15) is 16.5 Å². The Balaban J connectivity index is 1.59. The van der Waals surface area contributed by atoms with E-state index >= 15 is 0 Å². The molecule has 1 fully saturated rings. The van der Waals surface area contributed by atoms with Gasteiger partial charge in [0.25, 0.3) is 15.9 Å². The van der Waals surface area contributed by atoms with Gasteiger partial charge < -0.3 is 10.6 Å². The fourth-order valence-electron chi connectivity index (χ4n) is 4.81. The van der Waals surface area contributed by atoms with E-state index < -0.39 is 15.9 Å². The van der Waals surface area contributed by atoms with Gasteiger partial charge in [-0.15, -0.1) is 0 Å². The van der Waals surface area contributed by atoms with Crippen molar-refractivity contribution in [2.75, 3.05) is 17.2 Å². The zero-order valence-electron chi connectivity index (χ0n) is 21.0. The molecule has 190 valence electrons. The number of nitrogens with two attached hydrogens (primary N) is 1. The highest BCUT2D eigenvalue weighted by Gasteiger charge is 2.41. The summed E-state index contributed by atoms with van der Waals surface area (Å²) in [7, 11) is -4.24. The average molecular weight is 516 g/mol. The number of fused-ring (bicyclic) bond motifs is 1. The quantitative estimate of drug-likeness (QED) is 0.398. The monoisotopic (exact) mass is 515 g/mol. The van der Waals surface area contributed by atoms with Crippen LogP contribution >= 0.6 is 0 Å². The standard InChI is InChI=1S/C28H29N5O3S/c1-18-14-16-33(28(18,2)3)26-22(27(34)32-37(35,36)24-9-6-15-30-25(24)29)12-13-23(31-26)21-11-10-19-7-4-5-8-20(19)17-21/h4-13,15,17-18H,14,16H2,1-3H3,(H2,29,30)(H,32,34). The summed E-state index contributed by atoms with van der Waals surface area (Å²) in [6.07, 6.45) is 2.32. The highest BCUT2D eigenvalue weighted by atomic mass is 32.2. The predicted molar refractivity (Wildman–Crippen MR) is 146 cm³/mol. The van der Waals surface area contributed by atoms with Crippen LogP contribution in [0.5, 0.6) is 0 Å². The number of benzene rings is 2. The first-order valence-corrected chi connectivity index (χ1v) is 13.6. The van der Waals surface area contributed by atoms with Crippen molar-refractivity contribution in [1.82, 2.24) is 14.7 Å². The van der Waals surface area contributed by atoms with E-state index in [-0.39, 0.29) is 21.8 Å². The number of nitrogen functional groups attached to an aromatic ring is 1. The number of rotatable bonds is 5. The molecule has 9 heteroatoms. The highest BCUT2D eigenvalue weighted by Crippen LogP contribution is 2.39. The van der Waals surface area contributed by atoms with Gasteiger partial charge in [0.2, 0.25) is 0 Å². The van der Waals surface area contributed by atoms with E-state index in [0.29, 0.717) is 24.0 Å². The van der Waals surface area contributed by atoms with Gasteiger partial charge in [-0.1, -0.05) is 43.3 Å². The van der Waals surface area contributed by atoms with Gasteiger partial charge >= 0.3 is 0 Å². The minimum Gasteiger partial charge on any atom is -0.383 e. The number of hydrogen-bond donors (Lipinski definition) is 2. The van der Waals surface area contributed by atoms with E-state index in [2.05, 4.69) is 47.5 Å². The number of hydrogen-bond acceptors (Lipinski definition) is 7. The number of sulfonamides is 1. The fraction of sp³-hybridized carbons (Fsp3) is 0.250. The molecule has 37 heavy (non-hydrogen) atoms. The number of pyridine rings is 2. The van der Waals surface area contributed by atoms with Crippen molar-refractivity contribution in [3.63, 3.8) is 0 Å². The van der Waals surface area contributed by atoms with Crippen LogP contribution in [0.25, 0.3) is 22.0 Å². The van der Waals surface area contributed by atoms with Crippen molar-refractivity contribution in [3.05, 3.63) is 78.5 Å². The van der Waals surface area contributed by atoms with Gasteiger partial charge in [0, 0.05) is 23.8 Å². The minimum absolute atomic E-state index is 0.178. The summed E-state index contributed by atoms with van der Waals surface area (Å²) in [4.78, 5) is 24.0. The maximum absolute atomic E-state index is 13.4. The first-order valence-electron chi connectivity index (χ1n) is 12.1. The molecule has 1 atom stereocenters. The van der Waals surface area contributed by atoms with E-state index in [1.165, 1.54) is 18.3 Å². The Morgan fingerprint density at radius 3 is 2.51 bits per heavy atom. The van der Waals surface area contributed by atoms with Crippen LogP contribution in [0, 0.1) is 5.92 Å². The molecular weight excluding hydrogens is 486 g/mol. The number of anilines is 2. The van der Waals surface area contributed by atoms with Crippen LogP contribution in [-0.4, -0.2) is 36.4 Å². The van der Waals surface area contributed by atoms with Gasteiger partial charge in [-0.3, -0.25) is 4.79 Å². The van der Waals surface area contributed by atoms with Gasteiger partial charge in [0.15, 0.2) is 0 Å². The molecule has 1 amide bonds. The lowest BCUT2D eigenvalue weighted by atomic mass is 9.90. The Morgan fingerprint density at radius 2 is 1.81 bits per heavy atom. The van der Waals surface area contributed by atoms with Crippen molar-refractivity contribution in [3.8, 4) is 11.3 Å². The number of aromatic nitrogens is 2. The van der Waals surface area contributed by atoms with Crippen molar-refractivity contribution in [2.45, 2.75) is 37.6 Å². The Bertz CT molecular complexity index is 1620. The molecule has 1 unspecified atom stereocenters. The number of nitrogens with zero attached hydrogens (tertiary/aromatic N) is 3. The summed E-state index contributed by atoms with van der Waals surface area (Å²) >= 11 is 0.